The van der Waals surface area contributed by atoms with Crippen molar-refractivity contribution in [2.75, 3.05) is 11.9 Å². The van der Waals surface area contributed by atoms with E-state index in [0.29, 0.717) is 16.4 Å². The Morgan fingerprint density at radius 2 is 2.08 bits per heavy atom. The smallest absolute Gasteiger partial charge is 0.359 e. The zero-order chi connectivity index (χ0) is 17.1. The first-order chi connectivity index (χ1) is 11.5. The molecule has 6 nitrogen and oxygen atoms in total. The molecule has 3 rings (SSSR count). The molecule has 0 atom stereocenters. The van der Waals surface area contributed by atoms with Crippen LogP contribution >= 0.6 is 11.6 Å². The Bertz CT molecular complexity index is 887. The van der Waals surface area contributed by atoms with Crippen LogP contribution in [0.15, 0.2) is 48.8 Å². The van der Waals surface area contributed by atoms with E-state index in [-0.39, 0.29) is 5.69 Å². The summed E-state index contributed by atoms with van der Waals surface area (Å²) in [5, 5.41) is 3.21. The number of anilines is 1. The van der Waals surface area contributed by atoms with E-state index >= 15 is 0 Å². The molecule has 24 heavy (non-hydrogen) atoms. The lowest BCUT2D eigenvalue weighted by Gasteiger charge is -2.09. The summed E-state index contributed by atoms with van der Waals surface area (Å²) in [6.45, 7) is 1.39. The number of benzene rings is 1. The fraction of sp³-hybridized carbons (Fsp3) is 0.118. The van der Waals surface area contributed by atoms with Crippen LogP contribution < -0.4 is 5.32 Å². The van der Waals surface area contributed by atoms with E-state index in [1.807, 2.05) is 12.1 Å². The van der Waals surface area contributed by atoms with E-state index in [2.05, 4.69) is 10.3 Å². The van der Waals surface area contributed by atoms with Crippen LogP contribution in [0, 0.1) is 6.92 Å². The highest BCUT2D eigenvalue weighted by molar-refractivity contribution is 6.31. The van der Waals surface area contributed by atoms with Crippen molar-refractivity contribution in [3.8, 4) is 0 Å². The van der Waals surface area contributed by atoms with Gasteiger partial charge in [0.15, 0.2) is 12.3 Å². The van der Waals surface area contributed by atoms with Gasteiger partial charge in [0.25, 0.3) is 5.91 Å². The summed E-state index contributed by atoms with van der Waals surface area (Å²) >= 11 is 6.00. The molecule has 0 saturated carbocycles. The van der Waals surface area contributed by atoms with Crippen molar-refractivity contribution in [2.24, 2.45) is 0 Å². The van der Waals surface area contributed by atoms with Crippen LogP contribution in [0.5, 0.6) is 0 Å². The number of amides is 1. The zero-order valence-electron chi connectivity index (χ0n) is 12.8. The fourth-order valence-electron chi connectivity index (χ4n) is 2.17. The lowest BCUT2D eigenvalue weighted by Crippen LogP contribution is -2.21. The van der Waals surface area contributed by atoms with Crippen LogP contribution in [0.3, 0.4) is 0 Å². The van der Waals surface area contributed by atoms with Gasteiger partial charge >= 0.3 is 5.97 Å². The van der Waals surface area contributed by atoms with Crippen molar-refractivity contribution in [2.45, 2.75) is 6.92 Å². The number of halogens is 1. The Kier molecular flexibility index (Phi) is 4.48. The number of rotatable bonds is 4. The van der Waals surface area contributed by atoms with Gasteiger partial charge in [-0.05, 0) is 36.8 Å². The summed E-state index contributed by atoms with van der Waals surface area (Å²) in [5.41, 5.74) is 2.10. The van der Waals surface area contributed by atoms with E-state index < -0.39 is 18.5 Å². The molecule has 7 heteroatoms. The van der Waals surface area contributed by atoms with Crippen molar-refractivity contribution in [3.05, 3.63) is 65.1 Å². The number of nitrogens with one attached hydrogen (secondary N) is 1. The zero-order valence-corrected chi connectivity index (χ0v) is 13.6. The average Bonchev–Trinajstić information content (AvgIpc) is 3.01. The van der Waals surface area contributed by atoms with E-state index in [4.69, 9.17) is 16.3 Å². The van der Waals surface area contributed by atoms with Gasteiger partial charge in [0.05, 0.1) is 0 Å². The van der Waals surface area contributed by atoms with Gasteiger partial charge in [-0.3, -0.25) is 4.79 Å². The van der Waals surface area contributed by atoms with E-state index in [9.17, 15) is 9.59 Å². The van der Waals surface area contributed by atoms with Crippen molar-refractivity contribution in [3.63, 3.8) is 0 Å². The third-order valence-corrected chi connectivity index (χ3v) is 3.86. The van der Waals surface area contributed by atoms with E-state index in [0.717, 1.165) is 5.56 Å². The van der Waals surface area contributed by atoms with Crippen LogP contribution in [0.25, 0.3) is 5.65 Å². The number of pyridine rings is 1. The first-order valence-electron chi connectivity index (χ1n) is 7.20. The minimum atomic E-state index is -0.656. The van der Waals surface area contributed by atoms with E-state index in [1.165, 1.54) is 0 Å². The molecular weight excluding hydrogens is 330 g/mol. The molecule has 0 fully saturated rings. The molecule has 0 aliphatic rings. The van der Waals surface area contributed by atoms with Crippen molar-refractivity contribution < 1.29 is 14.3 Å². The maximum absolute atomic E-state index is 12.0. The Morgan fingerprint density at radius 3 is 2.88 bits per heavy atom. The largest absolute Gasteiger partial charge is 0.451 e. The van der Waals surface area contributed by atoms with Crippen LogP contribution in [0.4, 0.5) is 5.69 Å². The van der Waals surface area contributed by atoms with Gasteiger partial charge < -0.3 is 14.5 Å². The third kappa shape index (κ3) is 3.38. The summed E-state index contributed by atoms with van der Waals surface area (Å²) in [7, 11) is 0. The Balaban J connectivity index is 1.61. The number of carbonyl (C=O) groups is 2. The monoisotopic (exact) mass is 343 g/mol. The summed E-state index contributed by atoms with van der Waals surface area (Å²) in [6.07, 6.45) is 3.32. The number of imidazole rings is 1. The number of nitrogens with zero attached hydrogens (tertiary/aromatic N) is 2. The summed E-state index contributed by atoms with van der Waals surface area (Å²) < 4.78 is 6.70. The second-order valence-electron chi connectivity index (χ2n) is 5.13. The van der Waals surface area contributed by atoms with Crippen LogP contribution in [0.1, 0.15) is 16.1 Å². The highest BCUT2D eigenvalue weighted by atomic mass is 35.5. The molecule has 0 aliphatic carbocycles. The molecule has 1 aromatic carbocycles. The summed E-state index contributed by atoms with van der Waals surface area (Å²) in [5.74, 6) is -1.10. The minimum Gasteiger partial charge on any atom is -0.451 e. The van der Waals surface area contributed by atoms with Gasteiger partial charge in [-0.1, -0.05) is 23.7 Å². The predicted octanol–water partition coefficient (Wildman–Crippen LogP) is 3.09. The second-order valence-corrected chi connectivity index (χ2v) is 5.54. The Morgan fingerprint density at radius 1 is 1.25 bits per heavy atom. The molecular formula is C17H14ClN3O3. The predicted molar refractivity (Wildman–Crippen MR) is 90.3 cm³/mol. The highest BCUT2D eigenvalue weighted by Gasteiger charge is 2.14. The van der Waals surface area contributed by atoms with Crippen molar-refractivity contribution in [1.82, 2.24) is 9.38 Å². The third-order valence-electron chi connectivity index (χ3n) is 3.45. The van der Waals surface area contributed by atoms with Gasteiger partial charge in [-0.15, -0.1) is 0 Å². The first kappa shape index (κ1) is 16.0. The average molecular weight is 344 g/mol. The number of carbonyl (C=O) groups excluding carboxylic acids is 2. The lowest BCUT2D eigenvalue weighted by atomic mass is 10.2. The maximum atomic E-state index is 12.0. The molecule has 1 N–H and O–H groups in total. The Labute approximate surface area is 143 Å². The topological polar surface area (TPSA) is 72.7 Å². The molecule has 0 aliphatic heterocycles. The van der Waals surface area contributed by atoms with Crippen molar-refractivity contribution >= 4 is 34.8 Å². The lowest BCUT2D eigenvalue weighted by molar-refractivity contribution is -0.119. The number of ether oxygens (including phenoxy) is 1. The normalized spacial score (nSPS) is 10.6. The second kappa shape index (κ2) is 6.72. The molecule has 0 unspecified atom stereocenters. The molecule has 2 heterocycles. The van der Waals surface area contributed by atoms with Crippen LogP contribution in [-0.4, -0.2) is 27.9 Å². The van der Waals surface area contributed by atoms with Crippen LogP contribution in [-0.2, 0) is 9.53 Å². The quantitative estimate of drug-likeness (QED) is 0.739. The van der Waals surface area contributed by atoms with Gasteiger partial charge in [0, 0.05) is 23.1 Å². The standard InChI is InChI=1S/C17H14ClN3O3/c1-11-12(18)5-4-6-13(11)20-16(22)10-24-17(23)14-9-21-8-3-2-7-15(21)19-14/h2-9H,10H2,1H3,(H,20,22). The molecule has 3 aromatic rings. The van der Waals surface area contributed by atoms with Crippen molar-refractivity contribution in [1.29, 1.82) is 0 Å². The Hall–Kier alpha value is -2.86. The molecule has 0 bridgehead atoms. The summed E-state index contributed by atoms with van der Waals surface area (Å²) in [6, 6.07) is 10.6. The molecule has 0 spiro atoms. The number of fused-ring (bicyclic) bond motifs is 1. The minimum absolute atomic E-state index is 0.146. The first-order valence-corrected chi connectivity index (χ1v) is 7.58. The number of hydrogen-bond donors (Lipinski definition) is 1. The number of aromatic nitrogens is 2. The van der Waals surface area contributed by atoms with Gasteiger partial charge in [0.1, 0.15) is 5.65 Å². The molecule has 0 radical (unpaired) electrons. The maximum Gasteiger partial charge on any atom is 0.359 e. The van der Waals surface area contributed by atoms with Crippen LogP contribution in [0.2, 0.25) is 5.02 Å². The molecule has 122 valence electrons. The number of esters is 1. The molecule has 2 aromatic heterocycles. The number of hydrogen-bond acceptors (Lipinski definition) is 4. The highest BCUT2D eigenvalue weighted by Crippen LogP contribution is 2.22. The summed E-state index contributed by atoms with van der Waals surface area (Å²) in [4.78, 5) is 28.1. The van der Waals surface area contributed by atoms with E-state index in [1.54, 1.807) is 48.0 Å². The SMILES string of the molecule is Cc1c(Cl)cccc1NC(=O)COC(=O)c1cn2ccccc2n1. The fourth-order valence-corrected chi connectivity index (χ4v) is 2.34. The van der Waals surface area contributed by atoms with Gasteiger partial charge in [-0.2, -0.15) is 0 Å². The van der Waals surface area contributed by atoms with Gasteiger partial charge in [0.2, 0.25) is 0 Å². The molecule has 0 saturated heterocycles. The van der Waals surface area contributed by atoms with Gasteiger partial charge in [-0.25, -0.2) is 9.78 Å². The molecule has 1 amide bonds.